The SMILES string of the molecule is CCCCCCCCCCCCCCCC(=O)OCC(COC(=O)CNC(=O)OCc1ccccc1)OC(=O)CCCCCCCCCCCCCCC. The summed E-state index contributed by atoms with van der Waals surface area (Å²) >= 11 is 0. The van der Waals surface area contributed by atoms with Gasteiger partial charge >= 0.3 is 24.0 Å². The molecular formula is C45H77NO8. The van der Waals surface area contributed by atoms with Gasteiger partial charge in [-0.1, -0.05) is 198 Å². The molecule has 0 aliphatic rings. The summed E-state index contributed by atoms with van der Waals surface area (Å²) in [6.45, 7) is 3.68. The molecule has 1 rings (SSSR count). The van der Waals surface area contributed by atoms with Gasteiger partial charge in [-0.05, 0) is 18.4 Å². The Kier molecular flexibility index (Phi) is 33.4. The van der Waals surface area contributed by atoms with Gasteiger partial charge in [0.25, 0.3) is 0 Å². The van der Waals surface area contributed by atoms with Crippen LogP contribution in [-0.2, 0) is 39.9 Å². The molecule has 1 aromatic rings. The topological polar surface area (TPSA) is 117 Å². The minimum Gasteiger partial charge on any atom is -0.462 e. The molecule has 0 fully saturated rings. The largest absolute Gasteiger partial charge is 0.462 e. The first-order valence-corrected chi connectivity index (χ1v) is 21.9. The highest BCUT2D eigenvalue weighted by Crippen LogP contribution is 2.15. The van der Waals surface area contributed by atoms with Crippen molar-refractivity contribution in [1.29, 1.82) is 0 Å². The van der Waals surface area contributed by atoms with Gasteiger partial charge in [-0.25, -0.2) is 4.79 Å². The minimum atomic E-state index is -0.927. The molecule has 0 bridgehead atoms. The van der Waals surface area contributed by atoms with E-state index in [1.54, 1.807) is 0 Å². The maximum atomic E-state index is 12.7. The van der Waals surface area contributed by atoms with E-state index in [1.165, 1.54) is 128 Å². The number of benzene rings is 1. The highest BCUT2D eigenvalue weighted by molar-refractivity contribution is 5.78. The first-order chi connectivity index (χ1) is 26.4. The Morgan fingerprint density at radius 1 is 0.481 bits per heavy atom. The van der Waals surface area contributed by atoms with E-state index in [0.29, 0.717) is 6.42 Å². The number of ether oxygens (including phenoxy) is 4. The zero-order chi connectivity index (χ0) is 39.2. The molecule has 0 saturated carbocycles. The first-order valence-electron chi connectivity index (χ1n) is 21.9. The lowest BCUT2D eigenvalue weighted by molar-refractivity contribution is -0.166. The van der Waals surface area contributed by atoms with E-state index < -0.39 is 30.7 Å². The van der Waals surface area contributed by atoms with Gasteiger partial charge in [-0.3, -0.25) is 14.4 Å². The van der Waals surface area contributed by atoms with Gasteiger partial charge in [0.2, 0.25) is 0 Å². The van der Waals surface area contributed by atoms with E-state index in [0.717, 1.165) is 44.1 Å². The molecule has 1 N–H and O–H groups in total. The van der Waals surface area contributed by atoms with Gasteiger partial charge in [0, 0.05) is 12.8 Å². The number of hydrogen-bond donors (Lipinski definition) is 1. The average molecular weight is 760 g/mol. The molecule has 310 valence electrons. The number of rotatable bonds is 37. The van der Waals surface area contributed by atoms with Crippen LogP contribution in [0, 0.1) is 0 Å². The number of esters is 3. The average Bonchev–Trinajstić information content (AvgIpc) is 3.18. The lowest BCUT2D eigenvalue weighted by Gasteiger charge is -2.18. The third-order valence-corrected chi connectivity index (χ3v) is 9.72. The van der Waals surface area contributed by atoms with Crippen LogP contribution in [0.5, 0.6) is 0 Å². The maximum absolute atomic E-state index is 12.7. The van der Waals surface area contributed by atoms with Crippen LogP contribution in [0.1, 0.15) is 199 Å². The number of unbranched alkanes of at least 4 members (excludes halogenated alkanes) is 24. The Labute approximate surface area is 328 Å². The fourth-order valence-corrected chi connectivity index (χ4v) is 6.35. The monoisotopic (exact) mass is 760 g/mol. The second kappa shape index (κ2) is 36.9. The first kappa shape index (κ1) is 48.9. The number of hydrogen-bond acceptors (Lipinski definition) is 8. The van der Waals surface area contributed by atoms with Crippen molar-refractivity contribution in [1.82, 2.24) is 5.32 Å². The standard InChI is InChI=1S/C45H77NO8/c1-3-5-7-9-11-13-15-17-19-21-23-25-30-34-42(47)51-38-41(39-52-44(49)36-46-45(50)53-37-40-32-28-27-29-33-40)54-43(48)35-31-26-24-22-20-18-16-14-12-10-8-6-4-2/h27-29,32-33,41H,3-26,30-31,34-39H2,1-2H3,(H,46,50). The molecule has 1 aromatic carbocycles. The predicted octanol–water partition coefficient (Wildman–Crippen LogP) is 11.9. The molecule has 0 radical (unpaired) electrons. The third kappa shape index (κ3) is 32.3. The molecule has 1 atom stereocenters. The van der Waals surface area contributed by atoms with Gasteiger partial charge in [0.1, 0.15) is 26.4 Å². The number of carbonyl (C=O) groups is 4. The molecule has 0 heterocycles. The highest BCUT2D eigenvalue weighted by Gasteiger charge is 2.20. The zero-order valence-corrected chi connectivity index (χ0v) is 34.4. The zero-order valence-electron chi connectivity index (χ0n) is 34.4. The summed E-state index contributed by atoms with van der Waals surface area (Å²) in [6, 6.07) is 9.20. The second-order valence-corrected chi connectivity index (χ2v) is 14.9. The second-order valence-electron chi connectivity index (χ2n) is 14.9. The van der Waals surface area contributed by atoms with Crippen molar-refractivity contribution in [3.05, 3.63) is 35.9 Å². The fourth-order valence-electron chi connectivity index (χ4n) is 6.35. The smallest absolute Gasteiger partial charge is 0.407 e. The summed E-state index contributed by atoms with van der Waals surface area (Å²) in [5.41, 5.74) is 0.822. The number of nitrogens with one attached hydrogen (secondary N) is 1. The Morgan fingerprint density at radius 2 is 0.870 bits per heavy atom. The van der Waals surface area contributed by atoms with Crippen LogP contribution in [0.2, 0.25) is 0 Å². The lowest BCUT2D eigenvalue weighted by atomic mass is 10.0. The van der Waals surface area contributed by atoms with Crippen molar-refractivity contribution in [3.8, 4) is 0 Å². The van der Waals surface area contributed by atoms with E-state index in [4.69, 9.17) is 18.9 Å². The molecule has 1 unspecified atom stereocenters. The van der Waals surface area contributed by atoms with Crippen LogP contribution >= 0.6 is 0 Å². The van der Waals surface area contributed by atoms with E-state index in [9.17, 15) is 19.2 Å². The van der Waals surface area contributed by atoms with Gasteiger partial charge in [-0.15, -0.1) is 0 Å². The minimum absolute atomic E-state index is 0.0731. The molecule has 0 aliphatic carbocycles. The molecule has 9 nitrogen and oxygen atoms in total. The van der Waals surface area contributed by atoms with Crippen molar-refractivity contribution in [2.45, 2.75) is 206 Å². The summed E-state index contributed by atoms with van der Waals surface area (Å²) < 4.78 is 21.4. The van der Waals surface area contributed by atoms with E-state index in [1.807, 2.05) is 30.3 Å². The van der Waals surface area contributed by atoms with Gasteiger partial charge in [0.15, 0.2) is 6.10 Å². The third-order valence-electron chi connectivity index (χ3n) is 9.72. The van der Waals surface area contributed by atoms with Gasteiger partial charge in [-0.2, -0.15) is 0 Å². The Balaban J connectivity index is 2.32. The van der Waals surface area contributed by atoms with Crippen LogP contribution in [-0.4, -0.2) is 49.9 Å². The quantitative estimate of drug-likeness (QED) is 0.0405. The molecule has 0 aromatic heterocycles. The van der Waals surface area contributed by atoms with E-state index in [2.05, 4.69) is 19.2 Å². The summed E-state index contributed by atoms with van der Waals surface area (Å²) in [4.78, 5) is 49.6. The highest BCUT2D eigenvalue weighted by atomic mass is 16.6. The normalized spacial score (nSPS) is 11.5. The Hall–Kier alpha value is -3.10. The summed E-state index contributed by atoms with van der Waals surface area (Å²) in [7, 11) is 0. The van der Waals surface area contributed by atoms with Crippen LogP contribution in [0.15, 0.2) is 30.3 Å². The molecular weight excluding hydrogens is 682 g/mol. The van der Waals surface area contributed by atoms with Crippen molar-refractivity contribution >= 4 is 24.0 Å². The molecule has 0 aliphatic heterocycles. The van der Waals surface area contributed by atoms with Gasteiger partial charge in [0.05, 0.1) is 0 Å². The fraction of sp³-hybridized carbons (Fsp3) is 0.778. The lowest BCUT2D eigenvalue weighted by Crippen LogP contribution is -2.35. The van der Waals surface area contributed by atoms with E-state index >= 15 is 0 Å². The summed E-state index contributed by atoms with van der Waals surface area (Å²) in [5.74, 6) is -1.48. The Morgan fingerprint density at radius 3 is 1.31 bits per heavy atom. The molecule has 1 amide bonds. The Bertz CT molecular complexity index is 1050. The number of alkyl carbamates (subject to hydrolysis) is 1. The van der Waals surface area contributed by atoms with Crippen LogP contribution < -0.4 is 5.32 Å². The van der Waals surface area contributed by atoms with Crippen molar-refractivity contribution in [3.63, 3.8) is 0 Å². The predicted molar refractivity (Wildman–Crippen MR) is 217 cm³/mol. The van der Waals surface area contributed by atoms with Crippen molar-refractivity contribution in [2.24, 2.45) is 0 Å². The summed E-state index contributed by atoms with van der Waals surface area (Å²) in [6.07, 6.45) is 30.6. The molecule has 0 saturated heterocycles. The van der Waals surface area contributed by atoms with Gasteiger partial charge < -0.3 is 24.3 Å². The van der Waals surface area contributed by atoms with E-state index in [-0.39, 0.29) is 32.2 Å². The molecule has 9 heteroatoms. The summed E-state index contributed by atoms with van der Waals surface area (Å²) in [5, 5.41) is 2.36. The number of amides is 1. The van der Waals surface area contributed by atoms with Crippen LogP contribution in [0.3, 0.4) is 0 Å². The van der Waals surface area contributed by atoms with Crippen LogP contribution in [0.25, 0.3) is 0 Å². The number of carbonyl (C=O) groups excluding carboxylic acids is 4. The van der Waals surface area contributed by atoms with Crippen molar-refractivity contribution in [2.75, 3.05) is 19.8 Å². The molecule has 0 spiro atoms. The molecule has 54 heavy (non-hydrogen) atoms. The maximum Gasteiger partial charge on any atom is 0.407 e. The van der Waals surface area contributed by atoms with Crippen molar-refractivity contribution < 1.29 is 38.1 Å². The van der Waals surface area contributed by atoms with Crippen LogP contribution in [0.4, 0.5) is 4.79 Å².